The number of likely N-dealkylation sites (tertiary alicyclic amines) is 1. The lowest BCUT2D eigenvalue weighted by Crippen LogP contribution is -2.37. The lowest BCUT2D eigenvalue weighted by Gasteiger charge is -2.26. The average Bonchev–Trinajstić information content (AvgIpc) is 2.86. The fourth-order valence-electron chi connectivity index (χ4n) is 4.11. The van der Waals surface area contributed by atoms with Gasteiger partial charge in [-0.1, -0.05) is 56.3 Å². The number of hydrogen-bond acceptors (Lipinski definition) is 4. The Balaban J connectivity index is 1.60. The minimum absolute atomic E-state index is 0.0751. The van der Waals surface area contributed by atoms with E-state index in [1.165, 1.54) is 5.56 Å². The van der Waals surface area contributed by atoms with Gasteiger partial charge in [0.05, 0.1) is 16.8 Å². The number of aromatic nitrogens is 1. The standard InChI is InChI=1S/C27H30N4O2/c1-4-18(2)20-9-11-21(12-10-20)26-17-24(23-7-5-6-8-25(23)28-26)27(33)30-29-22-13-15-31(16-14-22)19(3)32/h5-12,17-18H,4,13-16H2,1-3H3,(H,30,33). The van der Waals surface area contributed by atoms with Gasteiger partial charge in [0.1, 0.15) is 0 Å². The Morgan fingerprint density at radius 2 is 1.79 bits per heavy atom. The van der Waals surface area contributed by atoms with Crippen molar-refractivity contribution in [3.05, 3.63) is 65.7 Å². The van der Waals surface area contributed by atoms with Gasteiger partial charge in [-0.25, -0.2) is 10.4 Å². The zero-order chi connectivity index (χ0) is 23.4. The Morgan fingerprint density at radius 1 is 1.09 bits per heavy atom. The Kier molecular flexibility index (Phi) is 6.82. The first kappa shape index (κ1) is 22.6. The first-order valence-electron chi connectivity index (χ1n) is 11.6. The molecular formula is C27H30N4O2. The molecule has 1 N–H and O–H groups in total. The summed E-state index contributed by atoms with van der Waals surface area (Å²) < 4.78 is 0. The SMILES string of the molecule is CCC(C)c1ccc(-c2cc(C(=O)NN=C3CCN(C(C)=O)CC3)c3ccccc3n2)cc1. The third-order valence-electron chi connectivity index (χ3n) is 6.45. The zero-order valence-corrected chi connectivity index (χ0v) is 19.5. The molecule has 1 aliphatic heterocycles. The first-order valence-corrected chi connectivity index (χ1v) is 11.6. The summed E-state index contributed by atoms with van der Waals surface area (Å²) in [6, 6.07) is 17.9. The average molecular weight is 443 g/mol. The fraction of sp³-hybridized carbons (Fsp3) is 0.333. The third kappa shape index (κ3) is 5.11. The van der Waals surface area contributed by atoms with Crippen LogP contribution in [0.4, 0.5) is 0 Å². The van der Waals surface area contributed by atoms with E-state index in [0.29, 0.717) is 37.4 Å². The first-order chi connectivity index (χ1) is 16.0. The van der Waals surface area contributed by atoms with Gasteiger partial charge < -0.3 is 4.90 Å². The lowest BCUT2D eigenvalue weighted by atomic mass is 9.96. The van der Waals surface area contributed by atoms with Crippen LogP contribution in [0.25, 0.3) is 22.2 Å². The highest BCUT2D eigenvalue weighted by atomic mass is 16.2. The maximum Gasteiger partial charge on any atom is 0.272 e. The van der Waals surface area contributed by atoms with Gasteiger partial charge >= 0.3 is 0 Å². The van der Waals surface area contributed by atoms with E-state index >= 15 is 0 Å². The zero-order valence-electron chi connectivity index (χ0n) is 19.5. The Bertz CT molecular complexity index is 1190. The van der Waals surface area contributed by atoms with E-state index in [9.17, 15) is 9.59 Å². The number of hydrazone groups is 1. The van der Waals surface area contributed by atoms with Crippen molar-refractivity contribution >= 4 is 28.4 Å². The largest absolute Gasteiger partial charge is 0.342 e. The molecule has 1 atom stereocenters. The number of hydrogen-bond donors (Lipinski definition) is 1. The number of carbonyl (C=O) groups is 2. The summed E-state index contributed by atoms with van der Waals surface area (Å²) in [5, 5.41) is 5.15. The Morgan fingerprint density at radius 3 is 2.45 bits per heavy atom. The molecule has 3 aromatic rings. The van der Waals surface area contributed by atoms with Crippen molar-refractivity contribution < 1.29 is 9.59 Å². The molecule has 0 spiro atoms. The summed E-state index contributed by atoms with van der Waals surface area (Å²) in [4.78, 5) is 31.2. The molecule has 0 bridgehead atoms. The minimum Gasteiger partial charge on any atom is -0.342 e. The van der Waals surface area contributed by atoms with Gasteiger partial charge in [0.2, 0.25) is 5.91 Å². The number of fused-ring (bicyclic) bond motifs is 1. The number of carbonyl (C=O) groups excluding carboxylic acids is 2. The molecule has 1 unspecified atom stereocenters. The van der Waals surface area contributed by atoms with E-state index in [4.69, 9.17) is 4.98 Å². The van der Waals surface area contributed by atoms with E-state index in [2.05, 4.69) is 48.6 Å². The Labute approximate surface area is 194 Å². The summed E-state index contributed by atoms with van der Waals surface area (Å²) >= 11 is 0. The topological polar surface area (TPSA) is 74.7 Å². The highest BCUT2D eigenvalue weighted by Crippen LogP contribution is 2.27. The second-order valence-corrected chi connectivity index (χ2v) is 8.63. The smallest absolute Gasteiger partial charge is 0.272 e. The number of pyridine rings is 1. The highest BCUT2D eigenvalue weighted by Gasteiger charge is 2.18. The highest BCUT2D eigenvalue weighted by molar-refractivity contribution is 6.07. The van der Waals surface area contributed by atoms with Gasteiger partial charge in [0, 0.05) is 49.5 Å². The van der Waals surface area contributed by atoms with Crippen molar-refractivity contribution in [2.24, 2.45) is 5.10 Å². The Hall–Kier alpha value is -3.54. The third-order valence-corrected chi connectivity index (χ3v) is 6.45. The molecule has 6 heteroatoms. The van der Waals surface area contributed by atoms with Crippen LogP contribution in [0, 0.1) is 0 Å². The maximum atomic E-state index is 13.1. The van der Waals surface area contributed by atoms with Crippen molar-refractivity contribution in [2.45, 2.75) is 46.0 Å². The van der Waals surface area contributed by atoms with Crippen molar-refractivity contribution in [2.75, 3.05) is 13.1 Å². The van der Waals surface area contributed by atoms with Crippen LogP contribution < -0.4 is 5.43 Å². The van der Waals surface area contributed by atoms with Crippen LogP contribution in [0.5, 0.6) is 0 Å². The van der Waals surface area contributed by atoms with Crippen LogP contribution >= 0.6 is 0 Å². The molecule has 2 aromatic carbocycles. The molecule has 2 amide bonds. The number of piperidine rings is 1. The van der Waals surface area contributed by atoms with Gasteiger partial charge in [-0.05, 0) is 30.0 Å². The number of para-hydroxylation sites is 1. The van der Waals surface area contributed by atoms with Crippen LogP contribution in [0.1, 0.15) is 61.9 Å². The molecule has 0 aliphatic carbocycles. The predicted octanol–water partition coefficient (Wildman–Crippen LogP) is 5.14. The molecule has 0 radical (unpaired) electrons. The van der Waals surface area contributed by atoms with E-state index in [0.717, 1.165) is 34.3 Å². The molecule has 1 saturated heterocycles. The van der Waals surface area contributed by atoms with Crippen molar-refractivity contribution in [3.8, 4) is 11.3 Å². The van der Waals surface area contributed by atoms with Crippen LogP contribution in [0.2, 0.25) is 0 Å². The van der Waals surface area contributed by atoms with Crippen molar-refractivity contribution in [1.82, 2.24) is 15.3 Å². The monoisotopic (exact) mass is 442 g/mol. The predicted molar refractivity (Wildman–Crippen MR) is 132 cm³/mol. The van der Waals surface area contributed by atoms with Gasteiger partial charge in [-0.3, -0.25) is 9.59 Å². The molecule has 0 saturated carbocycles. The van der Waals surface area contributed by atoms with Gasteiger partial charge in [0.25, 0.3) is 5.91 Å². The van der Waals surface area contributed by atoms with Gasteiger partial charge in [-0.15, -0.1) is 0 Å². The summed E-state index contributed by atoms with van der Waals surface area (Å²) in [6.45, 7) is 7.26. The van der Waals surface area contributed by atoms with E-state index < -0.39 is 0 Å². The number of nitrogens with one attached hydrogen (secondary N) is 1. The second kappa shape index (κ2) is 9.94. The number of nitrogens with zero attached hydrogens (tertiary/aromatic N) is 3. The molecular weight excluding hydrogens is 412 g/mol. The van der Waals surface area contributed by atoms with Crippen LogP contribution in [0.15, 0.2) is 59.7 Å². The van der Waals surface area contributed by atoms with E-state index in [-0.39, 0.29) is 11.8 Å². The molecule has 2 heterocycles. The molecule has 6 nitrogen and oxygen atoms in total. The lowest BCUT2D eigenvalue weighted by molar-refractivity contribution is -0.128. The maximum absolute atomic E-state index is 13.1. The second-order valence-electron chi connectivity index (χ2n) is 8.63. The van der Waals surface area contributed by atoms with Gasteiger partial charge in [-0.2, -0.15) is 5.10 Å². The van der Waals surface area contributed by atoms with Gasteiger partial charge in [0.15, 0.2) is 0 Å². The number of amides is 2. The van der Waals surface area contributed by atoms with Crippen molar-refractivity contribution in [1.29, 1.82) is 0 Å². The fourth-order valence-corrected chi connectivity index (χ4v) is 4.11. The summed E-state index contributed by atoms with van der Waals surface area (Å²) in [5.41, 5.74) is 7.99. The summed E-state index contributed by atoms with van der Waals surface area (Å²) in [7, 11) is 0. The van der Waals surface area contributed by atoms with E-state index in [1.54, 1.807) is 11.8 Å². The van der Waals surface area contributed by atoms with Crippen molar-refractivity contribution in [3.63, 3.8) is 0 Å². The van der Waals surface area contributed by atoms with Crippen LogP contribution in [-0.4, -0.2) is 40.5 Å². The van der Waals surface area contributed by atoms with Crippen LogP contribution in [0.3, 0.4) is 0 Å². The number of rotatable bonds is 5. The van der Waals surface area contributed by atoms with E-state index in [1.807, 2.05) is 30.3 Å². The molecule has 1 fully saturated rings. The summed E-state index contributed by atoms with van der Waals surface area (Å²) in [6.07, 6.45) is 2.43. The molecule has 1 aromatic heterocycles. The molecule has 170 valence electrons. The minimum atomic E-state index is -0.257. The molecule has 4 rings (SSSR count). The number of benzene rings is 2. The quantitative estimate of drug-likeness (QED) is 0.556. The molecule has 33 heavy (non-hydrogen) atoms. The van der Waals surface area contributed by atoms with Crippen LogP contribution in [-0.2, 0) is 4.79 Å². The summed E-state index contributed by atoms with van der Waals surface area (Å²) in [5.74, 6) is 0.324. The normalized spacial score (nSPS) is 14.8. The molecule has 1 aliphatic rings.